The van der Waals surface area contributed by atoms with Crippen molar-refractivity contribution in [2.45, 2.75) is 12.5 Å². The first-order valence-corrected chi connectivity index (χ1v) is 10.8. The van der Waals surface area contributed by atoms with Gasteiger partial charge in [0.2, 0.25) is 0 Å². The zero-order valence-corrected chi connectivity index (χ0v) is 17.1. The lowest BCUT2D eigenvalue weighted by Crippen LogP contribution is -2.31. The van der Waals surface area contributed by atoms with Crippen LogP contribution in [0.2, 0.25) is 0 Å². The number of aromatic nitrogens is 3. The molecule has 0 radical (unpaired) electrons. The fourth-order valence-electron chi connectivity index (χ4n) is 3.65. The van der Waals surface area contributed by atoms with Crippen molar-refractivity contribution < 1.29 is 4.79 Å². The van der Waals surface area contributed by atoms with Crippen LogP contribution in [0, 0.1) is 0 Å². The van der Waals surface area contributed by atoms with Crippen LogP contribution in [0.5, 0.6) is 0 Å². The second-order valence-electron chi connectivity index (χ2n) is 7.29. The molecule has 5 rings (SSSR count). The summed E-state index contributed by atoms with van der Waals surface area (Å²) in [6, 6.07) is 20.3. The molecule has 2 aromatic carbocycles. The smallest absolute Gasteiger partial charge is 0.273 e. The van der Waals surface area contributed by atoms with Crippen LogP contribution in [0.3, 0.4) is 0 Å². The van der Waals surface area contributed by atoms with E-state index in [0.29, 0.717) is 12.2 Å². The molecule has 150 valence electrons. The first kappa shape index (κ1) is 18.6. The topological polar surface area (TPSA) is 63.1 Å². The number of hydrogen-bond acceptors (Lipinski definition) is 5. The molecular weight excluding hydrogens is 394 g/mol. The number of thiazole rings is 1. The van der Waals surface area contributed by atoms with E-state index in [-0.39, 0.29) is 11.9 Å². The van der Waals surface area contributed by atoms with Crippen molar-refractivity contribution in [3.63, 3.8) is 0 Å². The molecule has 1 aliphatic heterocycles. The highest BCUT2D eigenvalue weighted by atomic mass is 32.1. The van der Waals surface area contributed by atoms with Gasteiger partial charge in [-0.2, -0.15) is 5.10 Å². The van der Waals surface area contributed by atoms with Crippen LogP contribution in [0.1, 0.15) is 16.9 Å². The molecule has 1 saturated heterocycles. The van der Waals surface area contributed by atoms with Gasteiger partial charge in [0.25, 0.3) is 5.91 Å². The predicted molar refractivity (Wildman–Crippen MR) is 119 cm³/mol. The van der Waals surface area contributed by atoms with Crippen LogP contribution < -0.4 is 5.32 Å². The molecule has 0 bridgehead atoms. The third-order valence-electron chi connectivity index (χ3n) is 5.19. The Kier molecular flexibility index (Phi) is 5.03. The van der Waals surface area contributed by atoms with E-state index in [1.165, 1.54) is 11.3 Å². The maximum absolute atomic E-state index is 12.9. The second kappa shape index (κ2) is 8.12. The number of carbonyl (C=O) groups excluding carboxylic acids is 1. The van der Waals surface area contributed by atoms with Crippen molar-refractivity contribution in [2.24, 2.45) is 0 Å². The third kappa shape index (κ3) is 3.84. The van der Waals surface area contributed by atoms with Gasteiger partial charge in [0, 0.05) is 42.0 Å². The number of benzene rings is 2. The van der Waals surface area contributed by atoms with Crippen molar-refractivity contribution >= 4 is 22.9 Å². The van der Waals surface area contributed by atoms with E-state index < -0.39 is 0 Å². The molecule has 1 atom stereocenters. The number of hydrogen-bond donors (Lipinski definition) is 1. The van der Waals surface area contributed by atoms with Crippen molar-refractivity contribution in [1.82, 2.24) is 19.7 Å². The molecule has 1 amide bonds. The Labute approximate surface area is 178 Å². The Morgan fingerprint density at radius 2 is 1.83 bits per heavy atom. The van der Waals surface area contributed by atoms with Crippen molar-refractivity contribution in [3.8, 4) is 16.3 Å². The molecule has 1 aliphatic rings. The molecule has 0 aliphatic carbocycles. The van der Waals surface area contributed by atoms with E-state index in [2.05, 4.69) is 15.4 Å². The van der Waals surface area contributed by atoms with E-state index in [4.69, 9.17) is 0 Å². The standard InChI is InChI=1S/C23H21N5OS/c29-23(27-12-11-19(15-27)25-18-7-3-1-4-8-18)21-16-30-22(26-21)17-13-24-28(14-17)20-9-5-2-6-10-20/h1-10,13-14,16,19,25H,11-12,15H2. The second-order valence-corrected chi connectivity index (χ2v) is 8.15. The number of carbonyl (C=O) groups is 1. The molecule has 7 heteroatoms. The first-order valence-electron chi connectivity index (χ1n) is 9.93. The van der Waals surface area contributed by atoms with Crippen LogP contribution in [0.25, 0.3) is 16.3 Å². The summed E-state index contributed by atoms with van der Waals surface area (Å²) in [4.78, 5) is 19.4. The fraction of sp³-hybridized carbons (Fsp3) is 0.174. The molecule has 6 nitrogen and oxygen atoms in total. The summed E-state index contributed by atoms with van der Waals surface area (Å²) >= 11 is 1.47. The zero-order chi connectivity index (χ0) is 20.3. The molecule has 30 heavy (non-hydrogen) atoms. The van der Waals surface area contributed by atoms with E-state index in [1.54, 1.807) is 6.20 Å². The average Bonchev–Trinajstić information content (AvgIpc) is 3.55. The van der Waals surface area contributed by atoms with Gasteiger partial charge in [-0.25, -0.2) is 9.67 Å². The van der Waals surface area contributed by atoms with Crippen LogP contribution in [-0.4, -0.2) is 44.7 Å². The molecule has 1 fully saturated rings. The first-order chi connectivity index (χ1) is 14.8. The lowest BCUT2D eigenvalue weighted by atomic mass is 10.2. The van der Waals surface area contributed by atoms with E-state index in [9.17, 15) is 4.79 Å². The number of amides is 1. The zero-order valence-electron chi connectivity index (χ0n) is 16.3. The van der Waals surface area contributed by atoms with Gasteiger partial charge in [-0.1, -0.05) is 36.4 Å². The highest BCUT2D eigenvalue weighted by molar-refractivity contribution is 7.13. The van der Waals surface area contributed by atoms with E-state index >= 15 is 0 Å². The minimum Gasteiger partial charge on any atom is -0.380 e. The van der Waals surface area contributed by atoms with Crippen LogP contribution in [0.4, 0.5) is 5.69 Å². The van der Waals surface area contributed by atoms with Gasteiger partial charge in [-0.05, 0) is 30.7 Å². The Bertz CT molecular complexity index is 1140. The fourth-order valence-corrected chi connectivity index (χ4v) is 4.42. The summed E-state index contributed by atoms with van der Waals surface area (Å²) in [6.07, 6.45) is 4.66. The molecular formula is C23H21N5OS. The maximum Gasteiger partial charge on any atom is 0.273 e. The molecule has 4 aromatic rings. The Hall–Kier alpha value is -3.45. The number of likely N-dealkylation sites (tertiary alicyclic amines) is 1. The summed E-state index contributed by atoms with van der Waals surface area (Å²) in [5, 5.41) is 10.6. The van der Waals surface area contributed by atoms with E-state index in [0.717, 1.165) is 34.9 Å². The SMILES string of the molecule is O=C(c1csc(-c2cnn(-c3ccccc3)c2)n1)N1CCC(Nc2ccccc2)C1. The number of rotatable bonds is 5. The number of para-hydroxylation sites is 2. The molecule has 1 N–H and O–H groups in total. The Balaban J connectivity index is 1.26. The normalized spacial score (nSPS) is 16.0. The monoisotopic (exact) mass is 415 g/mol. The average molecular weight is 416 g/mol. The molecule has 0 spiro atoms. The molecule has 1 unspecified atom stereocenters. The van der Waals surface area contributed by atoms with Gasteiger partial charge in [0.05, 0.1) is 11.9 Å². The van der Waals surface area contributed by atoms with Crippen molar-refractivity contribution in [2.75, 3.05) is 18.4 Å². The third-order valence-corrected chi connectivity index (χ3v) is 6.08. The summed E-state index contributed by atoms with van der Waals surface area (Å²) < 4.78 is 1.82. The van der Waals surface area contributed by atoms with Gasteiger partial charge >= 0.3 is 0 Å². The highest BCUT2D eigenvalue weighted by Crippen LogP contribution is 2.26. The van der Waals surface area contributed by atoms with Crippen molar-refractivity contribution in [3.05, 3.63) is 84.1 Å². The number of nitrogens with one attached hydrogen (secondary N) is 1. The minimum atomic E-state index is -0.00897. The largest absolute Gasteiger partial charge is 0.380 e. The molecule has 3 heterocycles. The number of anilines is 1. The van der Waals surface area contributed by atoms with Crippen LogP contribution >= 0.6 is 11.3 Å². The minimum absolute atomic E-state index is 0.00897. The summed E-state index contributed by atoms with van der Waals surface area (Å²) in [7, 11) is 0. The highest BCUT2D eigenvalue weighted by Gasteiger charge is 2.28. The van der Waals surface area contributed by atoms with Crippen LogP contribution in [-0.2, 0) is 0 Å². The summed E-state index contributed by atoms with van der Waals surface area (Å²) in [5.74, 6) is -0.00897. The lowest BCUT2D eigenvalue weighted by Gasteiger charge is -2.16. The van der Waals surface area contributed by atoms with Crippen LogP contribution in [0.15, 0.2) is 78.4 Å². The summed E-state index contributed by atoms with van der Waals surface area (Å²) in [5.41, 5.74) is 3.49. The molecule has 2 aromatic heterocycles. The number of nitrogens with zero attached hydrogens (tertiary/aromatic N) is 4. The Morgan fingerprint density at radius 3 is 2.63 bits per heavy atom. The van der Waals surface area contributed by atoms with Gasteiger partial charge < -0.3 is 10.2 Å². The van der Waals surface area contributed by atoms with Gasteiger partial charge in [0.1, 0.15) is 10.7 Å². The maximum atomic E-state index is 12.9. The van der Waals surface area contributed by atoms with E-state index in [1.807, 2.05) is 81.8 Å². The molecule has 0 saturated carbocycles. The van der Waals surface area contributed by atoms with Gasteiger partial charge in [-0.3, -0.25) is 4.79 Å². The van der Waals surface area contributed by atoms with Gasteiger partial charge in [0.15, 0.2) is 0 Å². The lowest BCUT2D eigenvalue weighted by molar-refractivity contribution is 0.0786. The van der Waals surface area contributed by atoms with Crippen molar-refractivity contribution in [1.29, 1.82) is 0 Å². The summed E-state index contributed by atoms with van der Waals surface area (Å²) in [6.45, 7) is 1.43. The van der Waals surface area contributed by atoms with Gasteiger partial charge in [-0.15, -0.1) is 11.3 Å². The predicted octanol–water partition coefficient (Wildman–Crippen LogP) is 4.32. The Morgan fingerprint density at radius 1 is 1.07 bits per heavy atom. The quantitative estimate of drug-likeness (QED) is 0.527.